The van der Waals surface area contributed by atoms with Crippen LogP contribution in [0.1, 0.15) is 59.3 Å². The molecule has 0 aromatic heterocycles. The smallest absolute Gasteiger partial charge is 0.0932 e. The van der Waals surface area contributed by atoms with Gasteiger partial charge in [-0.1, -0.05) is 52.9 Å². The van der Waals surface area contributed by atoms with Crippen molar-refractivity contribution in [3.05, 3.63) is 0 Å². The van der Waals surface area contributed by atoms with Crippen molar-refractivity contribution in [2.24, 2.45) is 5.92 Å². The molecule has 0 aliphatic carbocycles. The van der Waals surface area contributed by atoms with Gasteiger partial charge in [-0.05, 0) is 18.9 Å². The molecule has 0 aromatic carbocycles. The van der Waals surface area contributed by atoms with Gasteiger partial charge in [-0.15, -0.1) is 0 Å². The van der Waals surface area contributed by atoms with Crippen LogP contribution in [0.25, 0.3) is 0 Å². The lowest BCUT2D eigenvalue weighted by Crippen LogP contribution is -2.34. The molecule has 0 saturated carbocycles. The summed E-state index contributed by atoms with van der Waals surface area (Å²) in [6, 6.07) is 0. The van der Waals surface area contributed by atoms with Crippen LogP contribution in [0, 0.1) is 5.92 Å². The van der Waals surface area contributed by atoms with Crippen molar-refractivity contribution in [2.75, 3.05) is 33.4 Å². The second-order valence-corrected chi connectivity index (χ2v) is 5.77. The Labute approximate surface area is 120 Å². The molecule has 0 fully saturated rings. The predicted octanol–water partition coefficient (Wildman–Crippen LogP) is 3.62. The number of unbranched alkanes of at least 4 members (excludes halogenated alkanes) is 5. The van der Waals surface area contributed by atoms with Crippen LogP contribution in [-0.4, -0.2) is 39.5 Å². The Hall–Kier alpha value is -0.120. The molecule has 19 heavy (non-hydrogen) atoms. The van der Waals surface area contributed by atoms with Crippen LogP contribution in [0.5, 0.6) is 0 Å². The number of hydrogen-bond acceptors (Lipinski definition) is 3. The lowest BCUT2D eigenvalue weighted by molar-refractivity contribution is -0.00265. The van der Waals surface area contributed by atoms with Gasteiger partial charge in [0.25, 0.3) is 0 Å². The minimum atomic E-state index is 0.194. The average Bonchev–Trinajstić information content (AvgIpc) is 2.37. The second-order valence-electron chi connectivity index (χ2n) is 5.77. The van der Waals surface area contributed by atoms with E-state index in [0.29, 0.717) is 12.5 Å². The maximum atomic E-state index is 5.88. The minimum absolute atomic E-state index is 0.194. The van der Waals surface area contributed by atoms with Crippen LogP contribution in [0.2, 0.25) is 0 Å². The Morgan fingerprint density at radius 2 is 1.63 bits per heavy atom. The highest BCUT2D eigenvalue weighted by atomic mass is 16.5. The van der Waals surface area contributed by atoms with Crippen LogP contribution < -0.4 is 5.32 Å². The van der Waals surface area contributed by atoms with Gasteiger partial charge in [0.2, 0.25) is 0 Å². The van der Waals surface area contributed by atoms with E-state index in [-0.39, 0.29) is 6.10 Å². The topological polar surface area (TPSA) is 30.5 Å². The zero-order valence-corrected chi connectivity index (χ0v) is 13.5. The quantitative estimate of drug-likeness (QED) is 0.490. The van der Waals surface area contributed by atoms with Crippen molar-refractivity contribution < 1.29 is 9.47 Å². The normalized spacial score (nSPS) is 13.1. The molecule has 3 nitrogen and oxygen atoms in total. The lowest BCUT2D eigenvalue weighted by atomic mass is 10.1. The van der Waals surface area contributed by atoms with Crippen molar-refractivity contribution in [3.63, 3.8) is 0 Å². The van der Waals surface area contributed by atoms with Crippen LogP contribution in [-0.2, 0) is 9.47 Å². The number of methoxy groups -OCH3 is 1. The Morgan fingerprint density at radius 3 is 2.26 bits per heavy atom. The lowest BCUT2D eigenvalue weighted by Gasteiger charge is -2.18. The van der Waals surface area contributed by atoms with E-state index in [1.165, 1.54) is 38.5 Å². The maximum Gasteiger partial charge on any atom is 0.0932 e. The molecule has 0 aliphatic heterocycles. The third kappa shape index (κ3) is 14.1. The Bertz CT molecular complexity index is 174. The van der Waals surface area contributed by atoms with Crippen LogP contribution in [0.4, 0.5) is 0 Å². The standard InChI is InChI=1S/C16H35NO2/c1-5-6-7-8-9-10-11-19-16(14-18-4)13-17-12-15(2)3/h15-17H,5-14H2,1-4H3. The van der Waals surface area contributed by atoms with Gasteiger partial charge in [0.15, 0.2) is 0 Å². The number of hydrogen-bond donors (Lipinski definition) is 1. The summed E-state index contributed by atoms with van der Waals surface area (Å²) in [4.78, 5) is 0. The fraction of sp³-hybridized carbons (Fsp3) is 1.00. The van der Waals surface area contributed by atoms with Crippen molar-refractivity contribution in [2.45, 2.75) is 65.4 Å². The number of nitrogens with one attached hydrogen (secondary N) is 1. The molecule has 0 rings (SSSR count). The molecule has 0 amide bonds. The molecule has 0 aromatic rings. The molecular formula is C16H35NO2. The molecule has 0 saturated heterocycles. The first-order chi connectivity index (χ1) is 9.20. The molecule has 1 N–H and O–H groups in total. The van der Waals surface area contributed by atoms with Crippen molar-refractivity contribution >= 4 is 0 Å². The van der Waals surface area contributed by atoms with E-state index in [1.807, 2.05) is 0 Å². The molecule has 3 heteroatoms. The molecular weight excluding hydrogens is 238 g/mol. The maximum absolute atomic E-state index is 5.88. The SMILES string of the molecule is CCCCCCCCOC(CNCC(C)C)COC. The first-order valence-electron chi connectivity index (χ1n) is 8.01. The fourth-order valence-electron chi connectivity index (χ4n) is 2.02. The molecule has 0 spiro atoms. The monoisotopic (exact) mass is 273 g/mol. The summed E-state index contributed by atoms with van der Waals surface area (Å²) in [7, 11) is 1.74. The highest BCUT2D eigenvalue weighted by molar-refractivity contribution is 4.62. The Balaban J connectivity index is 3.47. The van der Waals surface area contributed by atoms with E-state index >= 15 is 0 Å². The van der Waals surface area contributed by atoms with Gasteiger partial charge >= 0.3 is 0 Å². The molecule has 0 aliphatic rings. The Kier molecular flexibility index (Phi) is 14.2. The third-order valence-corrected chi connectivity index (χ3v) is 3.13. The highest BCUT2D eigenvalue weighted by Gasteiger charge is 2.08. The van der Waals surface area contributed by atoms with E-state index in [2.05, 4.69) is 26.1 Å². The van der Waals surface area contributed by atoms with Crippen LogP contribution in [0.3, 0.4) is 0 Å². The van der Waals surface area contributed by atoms with Gasteiger partial charge in [0.1, 0.15) is 0 Å². The first kappa shape index (κ1) is 18.9. The molecule has 1 unspecified atom stereocenters. The summed E-state index contributed by atoms with van der Waals surface area (Å²) in [5.74, 6) is 0.682. The molecule has 0 heterocycles. The zero-order chi connectivity index (χ0) is 14.3. The van der Waals surface area contributed by atoms with E-state index in [1.54, 1.807) is 7.11 Å². The van der Waals surface area contributed by atoms with Gasteiger partial charge in [-0.3, -0.25) is 0 Å². The van der Waals surface area contributed by atoms with Crippen molar-refractivity contribution in [1.29, 1.82) is 0 Å². The predicted molar refractivity (Wildman–Crippen MR) is 82.7 cm³/mol. The fourth-order valence-corrected chi connectivity index (χ4v) is 2.02. The van der Waals surface area contributed by atoms with E-state index in [0.717, 1.165) is 19.7 Å². The van der Waals surface area contributed by atoms with Gasteiger partial charge in [-0.25, -0.2) is 0 Å². The molecule has 116 valence electrons. The summed E-state index contributed by atoms with van der Waals surface area (Å²) in [6.45, 7) is 10.2. The Morgan fingerprint density at radius 1 is 0.947 bits per heavy atom. The van der Waals surface area contributed by atoms with Crippen molar-refractivity contribution in [1.82, 2.24) is 5.32 Å². The number of ether oxygens (including phenoxy) is 2. The summed E-state index contributed by atoms with van der Waals surface area (Å²) in [5.41, 5.74) is 0. The summed E-state index contributed by atoms with van der Waals surface area (Å²) < 4.78 is 11.1. The summed E-state index contributed by atoms with van der Waals surface area (Å²) in [5, 5.41) is 3.43. The average molecular weight is 273 g/mol. The molecule has 0 radical (unpaired) electrons. The molecule has 1 atom stereocenters. The van der Waals surface area contributed by atoms with Gasteiger partial charge in [-0.2, -0.15) is 0 Å². The van der Waals surface area contributed by atoms with Gasteiger partial charge < -0.3 is 14.8 Å². The van der Waals surface area contributed by atoms with E-state index in [9.17, 15) is 0 Å². The number of rotatable bonds is 14. The summed E-state index contributed by atoms with van der Waals surface area (Å²) >= 11 is 0. The second kappa shape index (κ2) is 14.3. The highest BCUT2D eigenvalue weighted by Crippen LogP contribution is 2.05. The largest absolute Gasteiger partial charge is 0.382 e. The minimum Gasteiger partial charge on any atom is -0.382 e. The van der Waals surface area contributed by atoms with E-state index in [4.69, 9.17) is 9.47 Å². The van der Waals surface area contributed by atoms with Crippen LogP contribution >= 0.6 is 0 Å². The van der Waals surface area contributed by atoms with E-state index < -0.39 is 0 Å². The van der Waals surface area contributed by atoms with Gasteiger partial charge in [0.05, 0.1) is 12.7 Å². The third-order valence-electron chi connectivity index (χ3n) is 3.13. The first-order valence-corrected chi connectivity index (χ1v) is 8.01. The van der Waals surface area contributed by atoms with Crippen molar-refractivity contribution in [3.8, 4) is 0 Å². The van der Waals surface area contributed by atoms with Crippen LogP contribution in [0.15, 0.2) is 0 Å². The molecule has 0 bridgehead atoms. The van der Waals surface area contributed by atoms with Gasteiger partial charge in [0, 0.05) is 20.3 Å². The zero-order valence-electron chi connectivity index (χ0n) is 13.5. The summed E-state index contributed by atoms with van der Waals surface area (Å²) in [6.07, 6.45) is 8.05.